The van der Waals surface area contributed by atoms with Crippen molar-refractivity contribution in [3.63, 3.8) is 0 Å². The Bertz CT molecular complexity index is 940. The average molecular weight is 628 g/mol. The van der Waals surface area contributed by atoms with Gasteiger partial charge < -0.3 is 90.8 Å². The molecule has 0 aliphatic heterocycles. The van der Waals surface area contributed by atoms with Crippen molar-refractivity contribution in [1.82, 2.24) is 0 Å². The molecule has 14 nitrogen and oxygen atoms in total. The van der Waals surface area contributed by atoms with Crippen molar-refractivity contribution < 1.29 is 120 Å². The first-order valence-electron chi connectivity index (χ1n) is 9.73. The van der Waals surface area contributed by atoms with E-state index in [9.17, 15) is 29.4 Å². The number of hydrogen-bond acceptors (Lipinski definition) is 4. The molecule has 0 saturated carbocycles. The van der Waals surface area contributed by atoms with E-state index in [-0.39, 0.29) is 98.1 Å². The fourth-order valence-electron chi connectivity index (χ4n) is 3.29. The number of aromatic amines is 2. The highest BCUT2D eigenvalue weighted by Gasteiger charge is 2.25. The molecule has 2 aromatic heterocycles. The lowest BCUT2D eigenvalue weighted by Gasteiger charge is -2.20. The second-order valence-electron chi connectivity index (χ2n) is 7.28. The van der Waals surface area contributed by atoms with Crippen LogP contribution in [0.25, 0.3) is 0 Å². The van der Waals surface area contributed by atoms with E-state index in [0.717, 1.165) is 0 Å². The van der Waals surface area contributed by atoms with Gasteiger partial charge in [-0.3, -0.25) is 0 Å². The molecule has 18 heteroatoms. The van der Waals surface area contributed by atoms with Gasteiger partial charge >= 0.3 is 23.9 Å². The molecule has 0 aromatic carbocycles. The van der Waals surface area contributed by atoms with Crippen molar-refractivity contribution in [2.45, 2.75) is 13.1 Å². The summed E-state index contributed by atoms with van der Waals surface area (Å²) in [6.07, 6.45) is 0. The monoisotopic (exact) mass is 626 g/mol. The van der Waals surface area contributed by atoms with E-state index >= 15 is 0 Å². The molecule has 0 saturated heterocycles. The second kappa shape index (κ2) is 22.2. The summed E-state index contributed by atoms with van der Waals surface area (Å²) in [5.74, 6) is -4.36. The van der Waals surface area contributed by atoms with Crippen molar-refractivity contribution in [1.29, 1.82) is 0 Å². The smallest absolute Gasteiger partial charge is 0.401 e. The van der Waals surface area contributed by atoms with E-state index < -0.39 is 23.9 Å². The van der Waals surface area contributed by atoms with Crippen LogP contribution in [-0.2, 0) is 22.7 Å². The van der Waals surface area contributed by atoms with Gasteiger partial charge in [-0.25, -0.2) is 19.2 Å². The number of pyridine rings is 2. The number of carboxylic acid groups (broad SMARTS) is 4. The molecule has 0 aliphatic rings. The van der Waals surface area contributed by atoms with Gasteiger partial charge in [0.2, 0.25) is 11.4 Å². The van der Waals surface area contributed by atoms with Crippen LogP contribution in [0.3, 0.4) is 0 Å². The molecular weight excluding hydrogens is 598 g/mol. The Kier molecular flexibility index (Phi) is 26.3. The first-order chi connectivity index (χ1) is 15.1. The Morgan fingerprint density at radius 1 is 0.605 bits per heavy atom. The summed E-state index contributed by atoms with van der Waals surface area (Å²) in [5.41, 5.74) is 1.01. The van der Waals surface area contributed by atoms with Gasteiger partial charge in [0.1, 0.15) is 13.1 Å². The molecule has 2 heterocycles. The minimum absolute atomic E-state index is 0. The zero-order valence-corrected chi connectivity index (χ0v) is 22.7. The Balaban J connectivity index is -0.000000605. The number of halogens is 4. The molecule has 0 spiro atoms. The maximum Gasteiger partial charge on any atom is 0.401 e. The Hall–Kier alpha value is -2.82. The second-order valence-corrected chi connectivity index (χ2v) is 7.28. The first-order valence-corrected chi connectivity index (χ1v) is 9.73. The number of nitrogens with one attached hydrogen (secondary N) is 4. The topological polar surface area (TPSA) is 249 Å². The minimum atomic E-state index is -1.14. The highest BCUT2D eigenvalue weighted by atomic mass is 35.5. The van der Waals surface area contributed by atoms with E-state index in [4.69, 9.17) is 10.2 Å². The van der Waals surface area contributed by atoms with Crippen molar-refractivity contribution in [2.24, 2.45) is 0 Å². The zero-order valence-electron chi connectivity index (χ0n) is 19.6. The molecule has 2 aromatic rings. The zero-order chi connectivity index (χ0) is 23.7. The van der Waals surface area contributed by atoms with Crippen LogP contribution < -0.4 is 69.4 Å². The number of carbonyl (C=O) groups is 4. The predicted octanol–water partition coefficient (Wildman–Crippen LogP) is -17.3. The molecule has 0 aliphatic carbocycles. The van der Waals surface area contributed by atoms with Gasteiger partial charge in [0.25, 0.3) is 11.4 Å². The number of carboxylic acids is 4. The summed E-state index contributed by atoms with van der Waals surface area (Å²) in [4.78, 5) is 51.6. The van der Waals surface area contributed by atoms with Crippen molar-refractivity contribution >= 4 is 23.9 Å². The van der Waals surface area contributed by atoms with Crippen molar-refractivity contribution in [2.75, 3.05) is 26.2 Å². The summed E-state index contributed by atoms with van der Waals surface area (Å²) < 4.78 is 0. The first kappa shape index (κ1) is 45.1. The Morgan fingerprint density at radius 2 is 0.921 bits per heavy atom. The fraction of sp³-hybridized carbons (Fsp3) is 0.300. The largest absolute Gasteiger partial charge is 1.00 e. The molecular formula is C20H30Cl4N4O10. The van der Waals surface area contributed by atoms with Gasteiger partial charge in [-0.2, -0.15) is 9.97 Å². The van der Waals surface area contributed by atoms with E-state index in [0.29, 0.717) is 34.3 Å². The number of aliphatic carboxylic acids is 2. The highest BCUT2D eigenvalue weighted by molar-refractivity contribution is 5.83. The van der Waals surface area contributed by atoms with E-state index in [1.54, 1.807) is 24.3 Å². The molecule has 38 heavy (non-hydrogen) atoms. The number of rotatable bonds is 13. The third-order valence-corrected chi connectivity index (χ3v) is 4.69. The molecule has 12 N–H and O–H groups in total. The SMILES string of the molecule is O.O.O=C(O)C[NH+](CC[NH+](CC(=O)O)Cc1cccc(C(=O)O)[nH+]1)Cc1cccc(C(=O)O)[nH+]1.[Cl-].[Cl-].[Cl-].[Cl-]. The van der Waals surface area contributed by atoms with Gasteiger partial charge in [0, 0.05) is 24.3 Å². The van der Waals surface area contributed by atoms with E-state index in [2.05, 4.69) is 9.97 Å². The lowest BCUT2D eigenvalue weighted by molar-refractivity contribution is -0.967. The van der Waals surface area contributed by atoms with Gasteiger partial charge in [-0.05, 0) is 12.1 Å². The van der Waals surface area contributed by atoms with Crippen LogP contribution in [0.4, 0.5) is 0 Å². The molecule has 0 fully saturated rings. The summed E-state index contributed by atoms with van der Waals surface area (Å²) in [6.45, 7) is 0.498. The maximum absolute atomic E-state index is 11.3. The summed E-state index contributed by atoms with van der Waals surface area (Å²) in [5, 5.41) is 36.7. The van der Waals surface area contributed by atoms with Crippen LogP contribution in [0, 0.1) is 0 Å². The molecule has 218 valence electrons. The summed E-state index contributed by atoms with van der Waals surface area (Å²) in [6, 6.07) is 9.21. The highest BCUT2D eigenvalue weighted by Crippen LogP contribution is 1.93. The van der Waals surface area contributed by atoms with Gasteiger partial charge in [-0.15, -0.1) is 0 Å². The third-order valence-electron chi connectivity index (χ3n) is 4.69. The maximum atomic E-state index is 11.3. The summed E-state index contributed by atoms with van der Waals surface area (Å²) >= 11 is 0. The average Bonchev–Trinajstić information content (AvgIpc) is 2.71. The lowest BCUT2D eigenvalue weighted by Crippen LogP contribution is -3.20. The quantitative estimate of drug-likeness (QED) is 0.124. The van der Waals surface area contributed by atoms with Gasteiger partial charge in [0.05, 0.1) is 0 Å². The van der Waals surface area contributed by atoms with Crippen LogP contribution >= 0.6 is 0 Å². The van der Waals surface area contributed by atoms with Crippen LogP contribution in [0.5, 0.6) is 0 Å². The third kappa shape index (κ3) is 16.1. The number of quaternary nitrogens is 2. The molecule has 2 atom stereocenters. The molecule has 0 bridgehead atoms. The van der Waals surface area contributed by atoms with Crippen molar-refractivity contribution in [3.05, 3.63) is 59.2 Å². The number of H-pyrrole nitrogens is 2. The van der Waals surface area contributed by atoms with Crippen LogP contribution in [0.15, 0.2) is 36.4 Å². The summed E-state index contributed by atoms with van der Waals surface area (Å²) in [7, 11) is 0. The number of aromatic nitrogens is 2. The minimum Gasteiger partial charge on any atom is -1.00 e. The molecule has 0 radical (unpaired) electrons. The molecule has 2 unspecified atom stereocenters. The normalized spacial score (nSPS) is 10.6. The van der Waals surface area contributed by atoms with E-state index in [1.807, 2.05) is 0 Å². The predicted molar refractivity (Wildman–Crippen MR) is 111 cm³/mol. The Morgan fingerprint density at radius 3 is 1.18 bits per heavy atom. The molecule has 2 rings (SSSR count). The standard InChI is InChI=1S/C20H22N4O8.4ClH.2H2O/c25-17(26)11-23(9-13-3-1-5-15(21-13)19(29)30)7-8-24(12-18(27)28)10-14-4-2-6-16(22-14)20(31)32;;;;;;/h1-6H,7-12H2,(H,25,26)(H,27,28)(H,29,30)(H,31,32);4*1H;2*1H2. The lowest BCUT2D eigenvalue weighted by atomic mass is 10.2. The van der Waals surface area contributed by atoms with Crippen molar-refractivity contribution in [3.8, 4) is 0 Å². The van der Waals surface area contributed by atoms with Crippen LogP contribution in [0.1, 0.15) is 32.4 Å². The molecule has 0 amide bonds. The van der Waals surface area contributed by atoms with E-state index in [1.165, 1.54) is 12.1 Å². The fourth-order valence-corrected chi connectivity index (χ4v) is 3.29. The number of aromatic carboxylic acids is 2. The Labute approximate surface area is 241 Å². The van der Waals surface area contributed by atoms with Gasteiger partial charge in [-0.1, -0.05) is 0 Å². The van der Waals surface area contributed by atoms with Crippen LogP contribution in [0.2, 0.25) is 0 Å². The van der Waals surface area contributed by atoms with Crippen LogP contribution in [-0.4, -0.2) is 81.4 Å². The number of hydrogen-bond donors (Lipinski definition) is 6. The van der Waals surface area contributed by atoms with Gasteiger partial charge in [0.15, 0.2) is 26.2 Å².